The molecule has 4 rings (SSSR count). The number of aromatic amines is 1. The lowest BCUT2D eigenvalue weighted by atomic mass is 10.1. The molecule has 1 aromatic carbocycles. The fourth-order valence-electron chi connectivity index (χ4n) is 3.83. The number of benzene rings is 1. The molecule has 4 aromatic rings. The largest absolute Gasteiger partial charge is 0.373 e. The Balaban J connectivity index is 1.36. The van der Waals surface area contributed by atoms with Crippen molar-refractivity contribution in [3.8, 4) is 0 Å². The predicted molar refractivity (Wildman–Crippen MR) is 139 cm³/mol. The molecule has 0 spiro atoms. The van der Waals surface area contributed by atoms with Crippen LogP contribution >= 0.6 is 11.6 Å². The molecule has 7 nitrogen and oxygen atoms in total. The van der Waals surface area contributed by atoms with Crippen LogP contribution in [0.3, 0.4) is 0 Å². The van der Waals surface area contributed by atoms with Crippen molar-refractivity contribution in [2.75, 3.05) is 6.54 Å². The van der Waals surface area contributed by atoms with E-state index in [1.54, 1.807) is 48.4 Å². The van der Waals surface area contributed by atoms with Crippen molar-refractivity contribution < 1.29 is 9.18 Å². The van der Waals surface area contributed by atoms with Crippen molar-refractivity contribution in [2.24, 2.45) is 0 Å². The summed E-state index contributed by atoms with van der Waals surface area (Å²) in [4.78, 5) is 33.9. The maximum Gasteiger partial charge on any atom is 0.250 e. The van der Waals surface area contributed by atoms with Crippen LogP contribution in [0.1, 0.15) is 30.7 Å². The highest BCUT2D eigenvalue weighted by Gasteiger charge is 2.12. The van der Waals surface area contributed by atoms with Crippen LogP contribution < -0.4 is 10.9 Å². The quantitative estimate of drug-likeness (QED) is 0.324. The van der Waals surface area contributed by atoms with E-state index in [1.807, 2.05) is 30.0 Å². The molecule has 0 atom stereocenters. The van der Waals surface area contributed by atoms with E-state index in [-0.39, 0.29) is 18.0 Å². The summed E-state index contributed by atoms with van der Waals surface area (Å²) in [6.45, 7) is 5.42. The first-order valence-electron chi connectivity index (χ1n) is 11.6. The number of halogens is 2. The number of nitrogens with one attached hydrogen (secondary N) is 2. The summed E-state index contributed by atoms with van der Waals surface area (Å²) in [5.41, 5.74) is 3.17. The predicted octanol–water partition coefficient (Wildman–Crippen LogP) is 4.61. The number of nitrogens with zero attached hydrogens (tertiary/aromatic N) is 3. The van der Waals surface area contributed by atoms with Gasteiger partial charge in [0.25, 0.3) is 5.56 Å². The highest BCUT2D eigenvalue weighted by molar-refractivity contribution is 6.35. The monoisotopic (exact) mass is 507 g/mol. The minimum Gasteiger partial charge on any atom is -0.373 e. The molecular weight excluding hydrogens is 481 g/mol. The Hall–Kier alpha value is -3.91. The van der Waals surface area contributed by atoms with Crippen molar-refractivity contribution >= 4 is 28.4 Å². The lowest BCUT2D eigenvalue weighted by Gasteiger charge is -2.19. The number of fused-ring (bicyclic) bond motifs is 1. The highest BCUT2D eigenvalue weighted by atomic mass is 35.5. The summed E-state index contributed by atoms with van der Waals surface area (Å²) in [6, 6.07) is 11.9. The second kappa shape index (κ2) is 11.2. The first-order chi connectivity index (χ1) is 17.3. The number of hydrogen-bond acceptors (Lipinski definition) is 4. The van der Waals surface area contributed by atoms with Crippen LogP contribution in [0.2, 0.25) is 5.02 Å². The van der Waals surface area contributed by atoms with Gasteiger partial charge >= 0.3 is 0 Å². The van der Waals surface area contributed by atoms with Crippen LogP contribution in [-0.2, 0) is 24.4 Å². The Morgan fingerprint density at radius 2 is 2.11 bits per heavy atom. The summed E-state index contributed by atoms with van der Waals surface area (Å²) in [6.07, 6.45) is 6.90. The Kier molecular flexibility index (Phi) is 7.85. The molecule has 0 aliphatic carbocycles. The topological polar surface area (TPSA) is 83.0 Å². The summed E-state index contributed by atoms with van der Waals surface area (Å²) < 4.78 is 16.0. The molecule has 0 bridgehead atoms. The fraction of sp³-hybridized carbons (Fsp3) is 0.222. The van der Waals surface area contributed by atoms with Gasteiger partial charge in [-0.15, -0.1) is 0 Å². The zero-order chi connectivity index (χ0) is 25.7. The smallest absolute Gasteiger partial charge is 0.250 e. The number of carbonyl (C=O) groups excluding carboxylic acids is 1. The second-order valence-corrected chi connectivity index (χ2v) is 8.92. The Labute approximate surface area is 213 Å². The molecule has 0 aliphatic rings. The average Bonchev–Trinajstić information content (AvgIpc) is 3.23. The van der Waals surface area contributed by atoms with Crippen molar-refractivity contribution in [3.63, 3.8) is 0 Å². The molecule has 0 radical (unpaired) electrons. The number of amides is 1. The molecule has 0 fully saturated rings. The van der Waals surface area contributed by atoms with Crippen LogP contribution in [0.4, 0.5) is 4.39 Å². The van der Waals surface area contributed by atoms with Gasteiger partial charge in [-0.1, -0.05) is 23.7 Å². The maximum atomic E-state index is 14.4. The third kappa shape index (κ3) is 6.01. The van der Waals surface area contributed by atoms with Gasteiger partial charge in [-0.2, -0.15) is 0 Å². The van der Waals surface area contributed by atoms with Gasteiger partial charge in [0.2, 0.25) is 5.91 Å². The van der Waals surface area contributed by atoms with Crippen LogP contribution in [0.25, 0.3) is 10.9 Å². The first-order valence-corrected chi connectivity index (χ1v) is 12.0. The lowest BCUT2D eigenvalue weighted by molar-refractivity contribution is -0.117. The Bertz CT molecular complexity index is 1460. The number of pyridine rings is 2. The molecule has 0 saturated carbocycles. The van der Waals surface area contributed by atoms with Gasteiger partial charge in [0.05, 0.1) is 17.3 Å². The standard InChI is InChI=1S/C27H27ClFN5O2/c1-3-33(16-19-7-8-21(30-12-19)17-34-9-5-4-6-26(34)35)15-18(2)27(36)32-13-20-10-22-23(28)14-31-25(22)11-24(20)29/h4-12,14-15,31H,3,13,16-17H2,1-2H3,(H,32,36). The number of rotatable bonds is 9. The van der Waals surface area contributed by atoms with Gasteiger partial charge < -0.3 is 19.8 Å². The van der Waals surface area contributed by atoms with E-state index in [4.69, 9.17) is 11.6 Å². The van der Waals surface area contributed by atoms with E-state index in [0.717, 1.165) is 11.3 Å². The third-order valence-electron chi connectivity index (χ3n) is 5.88. The van der Waals surface area contributed by atoms with Crippen molar-refractivity contribution in [2.45, 2.75) is 33.5 Å². The number of aromatic nitrogens is 3. The third-order valence-corrected chi connectivity index (χ3v) is 6.19. The van der Waals surface area contributed by atoms with E-state index in [1.165, 1.54) is 12.1 Å². The van der Waals surface area contributed by atoms with Crippen molar-refractivity contribution in [3.05, 3.63) is 111 Å². The number of hydrogen-bond donors (Lipinski definition) is 2. The van der Waals surface area contributed by atoms with Crippen molar-refractivity contribution in [1.82, 2.24) is 24.8 Å². The van der Waals surface area contributed by atoms with E-state index < -0.39 is 5.82 Å². The van der Waals surface area contributed by atoms with Gasteiger partial charge in [0, 0.05) is 72.5 Å². The Morgan fingerprint density at radius 1 is 1.28 bits per heavy atom. The van der Waals surface area contributed by atoms with E-state index >= 15 is 0 Å². The molecule has 0 saturated heterocycles. The van der Waals surface area contributed by atoms with Gasteiger partial charge in [-0.3, -0.25) is 14.6 Å². The lowest BCUT2D eigenvalue weighted by Crippen LogP contribution is -2.26. The van der Waals surface area contributed by atoms with Gasteiger partial charge in [-0.05, 0) is 43.7 Å². The maximum absolute atomic E-state index is 14.4. The van der Waals surface area contributed by atoms with Gasteiger partial charge in [-0.25, -0.2) is 4.39 Å². The molecule has 1 amide bonds. The van der Waals surface area contributed by atoms with Crippen LogP contribution in [0, 0.1) is 5.82 Å². The van der Waals surface area contributed by atoms with E-state index in [2.05, 4.69) is 15.3 Å². The molecule has 0 unspecified atom stereocenters. The molecule has 36 heavy (non-hydrogen) atoms. The van der Waals surface area contributed by atoms with E-state index in [0.29, 0.717) is 46.7 Å². The minimum atomic E-state index is -0.411. The van der Waals surface area contributed by atoms with E-state index in [9.17, 15) is 14.0 Å². The van der Waals surface area contributed by atoms with Crippen LogP contribution in [0.15, 0.2) is 77.6 Å². The van der Waals surface area contributed by atoms with Gasteiger partial charge in [0.1, 0.15) is 5.82 Å². The number of carbonyl (C=O) groups is 1. The normalized spacial score (nSPS) is 11.6. The summed E-state index contributed by atoms with van der Waals surface area (Å²) in [7, 11) is 0. The number of H-pyrrole nitrogens is 1. The summed E-state index contributed by atoms with van der Waals surface area (Å²) >= 11 is 6.13. The molecule has 3 heterocycles. The van der Waals surface area contributed by atoms with Crippen LogP contribution in [0.5, 0.6) is 0 Å². The molecule has 2 N–H and O–H groups in total. The zero-order valence-corrected chi connectivity index (χ0v) is 20.8. The molecule has 3 aromatic heterocycles. The second-order valence-electron chi connectivity index (χ2n) is 8.51. The summed E-state index contributed by atoms with van der Waals surface area (Å²) in [5.74, 6) is -0.693. The molecular formula is C27H27ClFN5O2. The van der Waals surface area contributed by atoms with Crippen LogP contribution in [-0.4, -0.2) is 31.9 Å². The minimum absolute atomic E-state index is 0.0509. The first kappa shape index (κ1) is 25.2. The average molecular weight is 508 g/mol. The molecule has 186 valence electrons. The SMILES string of the molecule is CCN(C=C(C)C(=O)NCc1cc2c(Cl)c[nH]c2cc1F)Cc1ccc(Cn2ccccc2=O)nc1. The summed E-state index contributed by atoms with van der Waals surface area (Å²) in [5, 5.41) is 3.99. The van der Waals surface area contributed by atoms with Gasteiger partial charge in [0.15, 0.2) is 0 Å². The highest BCUT2D eigenvalue weighted by Crippen LogP contribution is 2.25. The Morgan fingerprint density at radius 3 is 2.83 bits per heavy atom. The molecule has 0 aliphatic heterocycles. The zero-order valence-electron chi connectivity index (χ0n) is 20.1. The fourth-order valence-corrected chi connectivity index (χ4v) is 4.04. The van der Waals surface area contributed by atoms with Crippen molar-refractivity contribution in [1.29, 1.82) is 0 Å². The molecule has 9 heteroatoms.